The standard InChI is InChI=1S/C16H31N3/c1-3-17-11-13-6-7-16(13)19-10-8-15-14(12-19)5-4-9-18(15)2/h13-17H,3-12H2,1-2H3. The summed E-state index contributed by atoms with van der Waals surface area (Å²) in [7, 11) is 2.34. The van der Waals surface area contributed by atoms with Gasteiger partial charge in [0.15, 0.2) is 0 Å². The molecule has 0 aromatic carbocycles. The van der Waals surface area contributed by atoms with Gasteiger partial charge < -0.3 is 10.2 Å². The van der Waals surface area contributed by atoms with E-state index in [4.69, 9.17) is 0 Å². The fraction of sp³-hybridized carbons (Fsp3) is 1.00. The van der Waals surface area contributed by atoms with Crippen molar-refractivity contribution in [3.05, 3.63) is 0 Å². The van der Waals surface area contributed by atoms with Gasteiger partial charge in [-0.05, 0) is 77.2 Å². The molecule has 3 nitrogen and oxygen atoms in total. The summed E-state index contributed by atoms with van der Waals surface area (Å²) in [6.45, 7) is 8.64. The highest BCUT2D eigenvalue weighted by atomic mass is 15.2. The predicted octanol–water partition coefficient (Wildman–Crippen LogP) is 1.79. The van der Waals surface area contributed by atoms with E-state index in [-0.39, 0.29) is 0 Å². The van der Waals surface area contributed by atoms with Crippen molar-refractivity contribution >= 4 is 0 Å². The molecule has 110 valence electrons. The molecule has 2 saturated heterocycles. The van der Waals surface area contributed by atoms with Crippen LogP contribution in [0.15, 0.2) is 0 Å². The zero-order valence-corrected chi connectivity index (χ0v) is 12.8. The molecule has 0 spiro atoms. The van der Waals surface area contributed by atoms with Crippen LogP contribution < -0.4 is 5.32 Å². The lowest BCUT2D eigenvalue weighted by Crippen LogP contribution is -2.59. The highest BCUT2D eigenvalue weighted by molar-refractivity contribution is 4.96. The third-order valence-corrected chi connectivity index (χ3v) is 5.88. The van der Waals surface area contributed by atoms with Crippen LogP contribution in [0.2, 0.25) is 0 Å². The van der Waals surface area contributed by atoms with Crippen molar-refractivity contribution in [3.63, 3.8) is 0 Å². The van der Waals surface area contributed by atoms with Crippen molar-refractivity contribution in [1.29, 1.82) is 0 Å². The molecule has 0 aromatic rings. The summed E-state index contributed by atoms with van der Waals surface area (Å²) >= 11 is 0. The van der Waals surface area contributed by atoms with Gasteiger partial charge in [-0.25, -0.2) is 0 Å². The van der Waals surface area contributed by atoms with E-state index >= 15 is 0 Å². The maximum atomic E-state index is 3.55. The predicted molar refractivity (Wildman–Crippen MR) is 80.4 cm³/mol. The number of nitrogens with one attached hydrogen (secondary N) is 1. The fourth-order valence-corrected chi connectivity index (χ4v) is 4.58. The molecule has 3 aliphatic rings. The van der Waals surface area contributed by atoms with Crippen LogP contribution in [0.25, 0.3) is 0 Å². The Morgan fingerprint density at radius 1 is 1.05 bits per heavy atom. The Labute approximate surface area is 118 Å². The Morgan fingerprint density at radius 3 is 2.68 bits per heavy atom. The number of piperidine rings is 2. The number of fused-ring (bicyclic) bond motifs is 1. The summed E-state index contributed by atoms with van der Waals surface area (Å²) in [4.78, 5) is 5.47. The van der Waals surface area contributed by atoms with Gasteiger partial charge in [-0.3, -0.25) is 4.90 Å². The van der Waals surface area contributed by atoms with Crippen molar-refractivity contribution in [2.75, 3.05) is 39.8 Å². The Hall–Kier alpha value is -0.120. The SMILES string of the molecule is CCNCC1CCC1N1CCC2C(CCCN2C)C1. The van der Waals surface area contributed by atoms with E-state index in [0.29, 0.717) is 0 Å². The second-order valence-corrected chi connectivity index (χ2v) is 6.95. The highest BCUT2D eigenvalue weighted by Crippen LogP contribution is 2.37. The van der Waals surface area contributed by atoms with Crippen LogP contribution in [0.3, 0.4) is 0 Å². The topological polar surface area (TPSA) is 18.5 Å². The Morgan fingerprint density at radius 2 is 1.95 bits per heavy atom. The molecule has 3 fully saturated rings. The number of likely N-dealkylation sites (tertiary alicyclic amines) is 2. The molecule has 2 heterocycles. The van der Waals surface area contributed by atoms with Gasteiger partial charge in [0.05, 0.1) is 0 Å². The molecule has 4 atom stereocenters. The first-order valence-corrected chi connectivity index (χ1v) is 8.44. The minimum Gasteiger partial charge on any atom is -0.317 e. The van der Waals surface area contributed by atoms with E-state index in [1.54, 1.807) is 0 Å². The summed E-state index contributed by atoms with van der Waals surface area (Å²) in [6.07, 6.45) is 7.18. The maximum absolute atomic E-state index is 3.55. The average Bonchev–Trinajstić information content (AvgIpc) is 2.38. The fourth-order valence-electron chi connectivity index (χ4n) is 4.58. The summed E-state index contributed by atoms with van der Waals surface area (Å²) in [5.41, 5.74) is 0. The number of hydrogen-bond acceptors (Lipinski definition) is 3. The van der Waals surface area contributed by atoms with E-state index in [1.165, 1.54) is 58.3 Å². The molecule has 0 amide bonds. The lowest BCUT2D eigenvalue weighted by atomic mass is 9.75. The molecule has 19 heavy (non-hydrogen) atoms. The van der Waals surface area contributed by atoms with Gasteiger partial charge in [0, 0.05) is 18.6 Å². The Balaban J connectivity index is 1.53. The largest absolute Gasteiger partial charge is 0.317 e. The molecular weight excluding hydrogens is 234 g/mol. The van der Waals surface area contributed by atoms with Gasteiger partial charge in [-0.2, -0.15) is 0 Å². The van der Waals surface area contributed by atoms with Crippen molar-refractivity contribution < 1.29 is 0 Å². The highest BCUT2D eigenvalue weighted by Gasteiger charge is 2.41. The van der Waals surface area contributed by atoms with Crippen LogP contribution in [-0.4, -0.2) is 61.7 Å². The first kappa shape index (κ1) is 13.8. The molecule has 1 saturated carbocycles. The lowest BCUT2D eigenvalue weighted by molar-refractivity contribution is -0.0198. The second kappa shape index (κ2) is 6.11. The maximum Gasteiger partial charge on any atom is 0.0145 e. The van der Waals surface area contributed by atoms with E-state index < -0.39 is 0 Å². The first-order chi connectivity index (χ1) is 9.29. The van der Waals surface area contributed by atoms with E-state index in [1.807, 2.05) is 0 Å². The zero-order valence-electron chi connectivity index (χ0n) is 12.8. The van der Waals surface area contributed by atoms with Gasteiger partial charge in [-0.1, -0.05) is 6.92 Å². The quantitative estimate of drug-likeness (QED) is 0.836. The summed E-state index contributed by atoms with van der Waals surface area (Å²) in [5, 5.41) is 3.55. The van der Waals surface area contributed by atoms with Crippen molar-refractivity contribution in [2.24, 2.45) is 11.8 Å². The minimum absolute atomic E-state index is 0.886. The van der Waals surface area contributed by atoms with Gasteiger partial charge >= 0.3 is 0 Å². The van der Waals surface area contributed by atoms with Crippen LogP contribution >= 0.6 is 0 Å². The molecule has 1 N–H and O–H groups in total. The lowest BCUT2D eigenvalue weighted by Gasteiger charge is -2.52. The van der Waals surface area contributed by atoms with E-state index in [0.717, 1.165) is 30.5 Å². The monoisotopic (exact) mass is 265 g/mol. The molecular formula is C16H31N3. The normalized spacial score (nSPS) is 40.7. The zero-order chi connectivity index (χ0) is 13.2. The first-order valence-electron chi connectivity index (χ1n) is 8.44. The van der Waals surface area contributed by atoms with Gasteiger partial charge in [0.2, 0.25) is 0 Å². The average molecular weight is 265 g/mol. The van der Waals surface area contributed by atoms with E-state index in [9.17, 15) is 0 Å². The number of rotatable bonds is 4. The van der Waals surface area contributed by atoms with Gasteiger partial charge in [0.1, 0.15) is 0 Å². The van der Waals surface area contributed by atoms with Crippen molar-refractivity contribution in [2.45, 2.75) is 51.1 Å². The number of nitrogens with zero attached hydrogens (tertiary/aromatic N) is 2. The molecule has 1 aliphatic carbocycles. The molecule has 0 bridgehead atoms. The molecule has 4 unspecified atom stereocenters. The third kappa shape index (κ3) is 2.84. The van der Waals surface area contributed by atoms with Crippen molar-refractivity contribution in [3.8, 4) is 0 Å². The molecule has 0 aromatic heterocycles. The molecule has 3 heteroatoms. The summed E-state index contributed by atoms with van der Waals surface area (Å²) in [6, 6.07) is 1.78. The number of hydrogen-bond donors (Lipinski definition) is 1. The van der Waals surface area contributed by atoms with Crippen LogP contribution in [0.1, 0.15) is 39.0 Å². The van der Waals surface area contributed by atoms with E-state index in [2.05, 4.69) is 29.1 Å². The van der Waals surface area contributed by atoms with Gasteiger partial charge in [-0.15, -0.1) is 0 Å². The molecule has 3 rings (SSSR count). The Kier molecular flexibility index (Phi) is 4.45. The van der Waals surface area contributed by atoms with Crippen LogP contribution in [0.5, 0.6) is 0 Å². The van der Waals surface area contributed by atoms with Crippen LogP contribution in [0, 0.1) is 11.8 Å². The second-order valence-electron chi connectivity index (χ2n) is 6.95. The molecule has 2 aliphatic heterocycles. The summed E-state index contributed by atoms with van der Waals surface area (Å²) < 4.78 is 0. The summed E-state index contributed by atoms with van der Waals surface area (Å²) in [5.74, 6) is 1.88. The molecule has 0 radical (unpaired) electrons. The van der Waals surface area contributed by atoms with Gasteiger partial charge in [0.25, 0.3) is 0 Å². The third-order valence-electron chi connectivity index (χ3n) is 5.88. The van der Waals surface area contributed by atoms with Crippen molar-refractivity contribution in [1.82, 2.24) is 15.1 Å². The smallest absolute Gasteiger partial charge is 0.0145 e. The van der Waals surface area contributed by atoms with Crippen LogP contribution in [-0.2, 0) is 0 Å². The van der Waals surface area contributed by atoms with Crippen LogP contribution in [0.4, 0.5) is 0 Å². The Bertz CT molecular complexity index is 294. The minimum atomic E-state index is 0.886.